The first-order chi connectivity index (χ1) is 8.29. The first kappa shape index (κ1) is 12.1. The molecule has 1 aliphatic rings. The van der Waals surface area contributed by atoms with Gasteiger partial charge in [-0.05, 0) is 18.4 Å². The van der Waals surface area contributed by atoms with Gasteiger partial charge in [0.15, 0.2) is 0 Å². The van der Waals surface area contributed by atoms with Crippen LogP contribution in [-0.4, -0.2) is 25.0 Å². The van der Waals surface area contributed by atoms with Crippen molar-refractivity contribution >= 4 is 5.91 Å². The monoisotopic (exact) mass is 232 g/mol. The second-order valence-corrected chi connectivity index (χ2v) is 4.66. The Bertz CT molecular complexity index is 360. The molecule has 1 amide bonds. The molecule has 1 saturated heterocycles. The number of nitrogens with one attached hydrogen (secondary N) is 2. The molecule has 1 fully saturated rings. The molecule has 1 aromatic carbocycles. The van der Waals surface area contributed by atoms with Gasteiger partial charge < -0.3 is 10.6 Å². The van der Waals surface area contributed by atoms with Crippen molar-refractivity contribution in [3.63, 3.8) is 0 Å². The zero-order valence-electron chi connectivity index (χ0n) is 10.3. The molecule has 0 aromatic heterocycles. The number of hydrogen-bond acceptors (Lipinski definition) is 2. The van der Waals surface area contributed by atoms with Crippen LogP contribution in [0.15, 0.2) is 30.3 Å². The molecule has 1 atom stereocenters. The third kappa shape index (κ3) is 3.30. The van der Waals surface area contributed by atoms with Gasteiger partial charge in [-0.2, -0.15) is 0 Å². The van der Waals surface area contributed by atoms with Crippen molar-refractivity contribution in [3.05, 3.63) is 35.9 Å². The molecule has 0 spiro atoms. The molecule has 0 aliphatic carbocycles. The van der Waals surface area contributed by atoms with Crippen molar-refractivity contribution in [2.75, 3.05) is 13.1 Å². The molecule has 1 heterocycles. The van der Waals surface area contributed by atoms with Gasteiger partial charge in [0.25, 0.3) is 0 Å². The van der Waals surface area contributed by atoms with Gasteiger partial charge in [-0.15, -0.1) is 0 Å². The van der Waals surface area contributed by atoms with Crippen molar-refractivity contribution in [2.45, 2.75) is 25.8 Å². The quantitative estimate of drug-likeness (QED) is 0.804. The van der Waals surface area contributed by atoms with Crippen LogP contribution in [-0.2, 0) is 11.2 Å². The number of benzene rings is 1. The minimum absolute atomic E-state index is 0.180. The molecular formula is C14H20N2O. The maximum Gasteiger partial charge on any atom is 0.225 e. The first-order valence-corrected chi connectivity index (χ1v) is 6.34. The normalized spacial score (nSPS) is 17.2. The van der Waals surface area contributed by atoms with Gasteiger partial charge >= 0.3 is 0 Å². The van der Waals surface area contributed by atoms with Gasteiger partial charge in [-0.3, -0.25) is 4.79 Å². The van der Waals surface area contributed by atoms with Gasteiger partial charge in [-0.25, -0.2) is 0 Å². The van der Waals surface area contributed by atoms with Gasteiger partial charge in [0.1, 0.15) is 0 Å². The molecule has 3 nitrogen and oxygen atoms in total. The predicted octanol–water partition coefficient (Wildman–Crippen LogP) is 1.34. The second-order valence-electron chi connectivity index (χ2n) is 4.66. The van der Waals surface area contributed by atoms with Crippen molar-refractivity contribution in [1.29, 1.82) is 0 Å². The fourth-order valence-electron chi connectivity index (χ4n) is 1.99. The zero-order chi connectivity index (χ0) is 12.1. The highest BCUT2D eigenvalue weighted by Crippen LogP contribution is 2.08. The van der Waals surface area contributed by atoms with Crippen LogP contribution in [0.4, 0.5) is 0 Å². The predicted molar refractivity (Wildman–Crippen MR) is 68.7 cm³/mol. The highest BCUT2D eigenvalue weighted by molar-refractivity contribution is 5.80. The molecule has 2 rings (SSSR count). The van der Waals surface area contributed by atoms with Gasteiger partial charge in [0.05, 0.1) is 5.92 Å². The molecule has 3 heteroatoms. The number of carbonyl (C=O) groups excluding carboxylic acids is 1. The molecule has 1 aromatic rings. The fraction of sp³-hybridized carbons (Fsp3) is 0.500. The number of carbonyl (C=O) groups is 1. The topological polar surface area (TPSA) is 41.1 Å². The van der Waals surface area contributed by atoms with Crippen LogP contribution in [0.1, 0.15) is 18.9 Å². The van der Waals surface area contributed by atoms with Crippen LogP contribution in [0.25, 0.3) is 0 Å². The molecule has 0 saturated carbocycles. The SMILES string of the molecule is CCC(Cc1ccccc1)NC(=O)C1CNC1. The van der Waals surface area contributed by atoms with E-state index in [4.69, 9.17) is 0 Å². The van der Waals surface area contributed by atoms with E-state index in [-0.39, 0.29) is 17.9 Å². The molecule has 92 valence electrons. The minimum atomic E-state index is 0.180. The summed E-state index contributed by atoms with van der Waals surface area (Å²) in [6.45, 7) is 3.77. The van der Waals surface area contributed by atoms with Crippen LogP contribution in [0.2, 0.25) is 0 Å². The Labute approximate surface area is 103 Å². The van der Waals surface area contributed by atoms with Crippen LogP contribution < -0.4 is 10.6 Å². The third-order valence-electron chi connectivity index (χ3n) is 3.32. The highest BCUT2D eigenvalue weighted by atomic mass is 16.2. The Morgan fingerprint density at radius 2 is 2.12 bits per heavy atom. The van der Waals surface area contributed by atoms with E-state index in [2.05, 4.69) is 29.7 Å². The zero-order valence-corrected chi connectivity index (χ0v) is 10.3. The van der Waals surface area contributed by atoms with E-state index < -0.39 is 0 Å². The van der Waals surface area contributed by atoms with Gasteiger partial charge in [-0.1, -0.05) is 37.3 Å². The minimum Gasteiger partial charge on any atom is -0.353 e. The molecule has 17 heavy (non-hydrogen) atoms. The molecule has 1 aliphatic heterocycles. The summed E-state index contributed by atoms with van der Waals surface area (Å²) in [6, 6.07) is 10.6. The highest BCUT2D eigenvalue weighted by Gasteiger charge is 2.26. The van der Waals surface area contributed by atoms with Crippen molar-refractivity contribution in [2.24, 2.45) is 5.92 Å². The molecule has 0 bridgehead atoms. The Morgan fingerprint density at radius 3 is 2.65 bits per heavy atom. The summed E-state index contributed by atoms with van der Waals surface area (Å²) in [5.41, 5.74) is 1.28. The van der Waals surface area contributed by atoms with E-state index >= 15 is 0 Å². The first-order valence-electron chi connectivity index (χ1n) is 6.34. The summed E-state index contributed by atoms with van der Waals surface area (Å²) >= 11 is 0. The van der Waals surface area contributed by atoms with E-state index in [0.717, 1.165) is 25.9 Å². The van der Waals surface area contributed by atoms with Crippen LogP contribution in [0, 0.1) is 5.92 Å². The number of amides is 1. The van der Waals surface area contributed by atoms with E-state index in [0.29, 0.717) is 0 Å². The van der Waals surface area contributed by atoms with E-state index in [1.165, 1.54) is 5.56 Å². The van der Waals surface area contributed by atoms with Crippen molar-refractivity contribution in [3.8, 4) is 0 Å². The van der Waals surface area contributed by atoms with E-state index in [1.807, 2.05) is 18.2 Å². The van der Waals surface area contributed by atoms with Crippen molar-refractivity contribution < 1.29 is 4.79 Å². The second kappa shape index (κ2) is 5.82. The van der Waals surface area contributed by atoms with Crippen LogP contribution in [0.3, 0.4) is 0 Å². The third-order valence-corrected chi connectivity index (χ3v) is 3.32. The largest absolute Gasteiger partial charge is 0.353 e. The molecule has 0 radical (unpaired) electrons. The maximum absolute atomic E-state index is 11.8. The summed E-state index contributed by atoms with van der Waals surface area (Å²) in [5.74, 6) is 0.381. The lowest BCUT2D eigenvalue weighted by molar-refractivity contribution is -0.127. The Kier molecular flexibility index (Phi) is 4.15. The van der Waals surface area contributed by atoms with E-state index in [1.54, 1.807) is 0 Å². The fourth-order valence-corrected chi connectivity index (χ4v) is 1.99. The Morgan fingerprint density at radius 1 is 1.41 bits per heavy atom. The van der Waals surface area contributed by atoms with Gasteiger partial charge in [0, 0.05) is 19.1 Å². The van der Waals surface area contributed by atoms with Gasteiger partial charge in [0.2, 0.25) is 5.91 Å². The summed E-state index contributed by atoms with van der Waals surface area (Å²) in [6.07, 6.45) is 1.89. The lowest BCUT2D eigenvalue weighted by Crippen LogP contribution is -2.53. The lowest BCUT2D eigenvalue weighted by atomic mass is 9.99. The summed E-state index contributed by atoms with van der Waals surface area (Å²) in [7, 11) is 0. The average Bonchev–Trinajstić information content (AvgIpc) is 2.27. The van der Waals surface area contributed by atoms with E-state index in [9.17, 15) is 4.79 Å². The summed E-state index contributed by atoms with van der Waals surface area (Å²) in [4.78, 5) is 11.8. The summed E-state index contributed by atoms with van der Waals surface area (Å²) < 4.78 is 0. The smallest absolute Gasteiger partial charge is 0.225 e. The van der Waals surface area contributed by atoms with Crippen molar-refractivity contribution in [1.82, 2.24) is 10.6 Å². The molecule has 1 unspecified atom stereocenters. The average molecular weight is 232 g/mol. The standard InChI is InChI=1S/C14H20N2O/c1-2-13(8-11-6-4-3-5-7-11)16-14(17)12-9-15-10-12/h3-7,12-13,15H,2,8-10H2,1H3,(H,16,17). The lowest BCUT2D eigenvalue weighted by Gasteiger charge is -2.28. The number of hydrogen-bond donors (Lipinski definition) is 2. The summed E-state index contributed by atoms with van der Waals surface area (Å²) in [5, 5.41) is 6.26. The molecular weight excluding hydrogens is 212 g/mol. The van der Waals surface area contributed by atoms with Crippen LogP contribution >= 0.6 is 0 Å². The van der Waals surface area contributed by atoms with Crippen LogP contribution in [0.5, 0.6) is 0 Å². The Hall–Kier alpha value is -1.35. The number of rotatable bonds is 5. The maximum atomic E-state index is 11.8. The Balaban J connectivity index is 1.86. The molecule has 2 N–H and O–H groups in total.